The molecule has 0 aliphatic carbocycles. The summed E-state index contributed by atoms with van der Waals surface area (Å²) in [5.41, 5.74) is 4.29. The van der Waals surface area contributed by atoms with Gasteiger partial charge in [-0.05, 0) is 25.7 Å². The van der Waals surface area contributed by atoms with Crippen molar-refractivity contribution >= 4 is 17.8 Å². The molecule has 1 amide bonds. The number of carboxylic acid groups (broad SMARTS) is 2. The number of hydrogen-bond acceptors (Lipinski definition) is 3. The van der Waals surface area contributed by atoms with Gasteiger partial charge in [-0.2, -0.15) is 0 Å². The highest BCUT2D eigenvalue weighted by Gasteiger charge is 2.43. The van der Waals surface area contributed by atoms with E-state index in [1.165, 1.54) is 38.5 Å². The smallest absolute Gasteiger partial charge is 0.307 e. The Morgan fingerprint density at radius 3 is 1.68 bits per heavy atom. The van der Waals surface area contributed by atoms with Crippen molar-refractivity contribution in [2.24, 2.45) is 23.0 Å². The highest BCUT2D eigenvalue weighted by Crippen LogP contribution is 2.36. The second kappa shape index (κ2) is 14.4. The van der Waals surface area contributed by atoms with E-state index in [4.69, 9.17) is 10.8 Å². The number of carboxylic acids is 2. The molecule has 0 aromatic heterocycles. The summed E-state index contributed by atoms with van der Waals surface area (Å²) in [4.78, 5) is 34.3. The molecule has 0 saturated carbocycles. The maximum Gasteiger partial charge on any atom is 0.307 e. The summed E-state index contributed by atoms with van der Waals surface area (Å²) >= 11 is 0. The molecular formula is C22H41NO5. The summed E-state index contributed by atoms with van der Waals surface area (Å²) in [6.07, 6.45) is 11.6. The van der Waals surface area contributed by atoms with E-state index in [9.17, 15) is 19.5 Å². The molecule has 0 fully saturated rings. The minimum Gasteiger partial charge on any atom is -0.481 e. The molecule has 0 aromatic rings. The normalized spacial score (nSPS) is 14.6. The van der Waals surface area contributed by atoms with Gasteiger partial charge in [-0.15, -0.1) is 0 Å². The third kappa shape index (κ3) is 11.3. The van der Waals surface area contributed by atoms with Gasteiger partial charge in [0.15, 0.2) is 0 Å². The third-order valence-corrected chi connectivity index (χ3v) is 5.75. The predicted molar refractivity (Wildman–Crippen MR) is 111 cm³/mol. The lowest BCUT2D eigenvalue weighted by Crippen LogP contribution is -2.44. The van der Waals surface area contributed by atoms with Crippen LogP contribution in [0.3, 0.4) is 0 Å². The van der Waals surface area contributed by atoms with Crippen molar-refractivity contribution in [1.29, 1.82) is 0 Å². The van der Waals surface area contributed by atoms with E-state index < -0.39 is 29.2 Å². The Morgan fingerprint density at radius 2 is 1.29 bits per heavy atom. The first-order valence-corrected chi connectivity index (χ1v) is 10.9. The van der Waals surface area contributed by atoms with Crippen LogP contribution in [0.2, 0.25) is 0 Å². The summed E-state index contributed by atoms with van der Waals surface area (Å²) < 4.78 is 0. The Kier molecular flexibility index (Phi) is 13.6. The Morgan fingerprint density at radius 1 is 0.821 bits per heavy atom. The number of carbonyl (C=O) groups excluding carboxylic acids is 1. The number of unbranched alkanes of at least 4 members (excludes halogenated alkanes) is 8. The van der Waals surface area contributed by atoms with Crippen molar-refractivity contribution in [3.8, 4) is 0 Å². The first-order chi connectivity index (χ1) is 13.1. The van der Waals surface area contributed by atoms with Gasteiger partial charge in [0.25, 0.3) is 0 Å². The van der Waals surface area contributed by atoms with Crippen LogP contribution < -0.4 is 5.73 Å². The van der Waals surface area contributed by atoms with Crippen LogP contribution in [0.25, 0.3) is 0 Å². The molecule has 0 aromatic carbocycles. The number of aliphatic carboxylic acids is 2. The lowest BCUT2D eigenvalue weighted by molar-refractivity contribution is -0.153. The molecule has 0 aliphatic rings. The Bertz CT molecular complexity index is 478. The first-order valence-electron chi connectivity index (χ1n) is 10.9. The van der Waals surface area contributed by atoms with Gasteiger partial charge in [-0.3, -0.25) is 14.4 Å². The monoisotopic (exact) mass is 399 g/mol. The fraction of sp³-hybridized carbons (Fsp3) is 0.864. The van der Waals surface area contributed by atoms with E-state index in [-0.39, 0.29) is 12.8 Å². The van der Waals surface area contributed by atoms with E-state index >= 15 is 0 Å². The van der Waals surface area contributed by atoms with Gasteiger partial charge in [-0.25, -0.2) is 0 Å². The summed E-state index contributed by atoms with van der Waals surface area (Å²) in [6, 6.07) is 0. The SMILES string of the molecule is CC(C)CCCCCCCCCCCC(C)(C(N)=O)C(CCC(=O)O)C(=O)O. The van der Waals surface area contributed by atoms with Crippen LogP contribution in [0.5, 0.6) is 0 Å². The highest BCUT2D eigenvalue weighted by molar-refractivity contribution is 5.87. The maximum absolute atomic E-state index is 12.0. The zero-order chi connectivity index (χ0) is 21.6. The third-order valence-electron chi connectivity index (χ3n) is 5.75. The van der Waals surface area contributed by atoms with Gasteiger partial charge >= 0.3 is 11.9 Å². The van der Waals surface area contributed by atoms with Crippen molar-refractivity contribution < 1.29 is 24.6 Å². The van der Waals surface area contributed by atoms with Crippen LogP contribution in [0, 0.1) is 17.3 Å². The Balaban J connectivity index is 4.16. The average molecular weight is 400 g/mol. The van der Waals surface area contributed by atoms with Gasteiger partial charge < -0.3 is 15.9 Å². The summed E-state index contributed by atoms with van der Waals surface area (Å²) in [5, 5.41) is 18.3. The van der Waals surface area contributed by atoms with E-state index in [1.54, 1.807) is 6.92 Å². The van der Waals surface area contributed by atoms with E-state index in [2.05, 4.69) is 13.8 Å². The molecule has 4 N–H and O–H groups in total. The molecule has 28 heavy (non-hydrogen) atoms. The number of primary amides is 1. The van der Waals surface area contributed by atoms with E-state index in [0.717, 1.165) is 31.6 Å². The Labute approximate surface area is 170 Å². The summed E-state index contributed by atoms with van der Waals surface area (Å²) in [6.45, 7) is 6.08. The van der Waals surface area contributed by atoms with Crippen molar-refractivity contribution in [3.05, 3.63) is 0 Å². The fourth-order valence-corrected chi connectivity index (χ4v) is 3.73. The molecule has 6 heteroatoms. The summed E-state index contributed by atoms with van der Waals surface area (Å²) in [7, 11) is 0. The standard InChI is InChI=1S/C22H41NO5/c1-17(2)13-11-9-7-5-4-6-8-10-12-16-22(3,21(23)28)18(20(26)27)14-15-19(24)25/h17-18H,4-16H2,1-3H3,(H2,23,28)(H,24,25)(H,26,27). The number of rotatable bonds is 18. The van der Waals surface area contributed by atoms with Gasteiger partial charge in [0, 0.05) is 6.42 Å². The molecule has 0 saturated heterocycles. The maximum atomic E-state index is 12.0. The Hall–Kier alpha value is -1.59. The molecule has 0 rings (SSSR count). The van der Waals surface area contributed by atoms with Crippen LogP contribution in [0.15, 0.2) is 0 Å². The van der Waals surface area contributed by atoms with Crippen molar-refractivity contribution in [2.75, 3.05) is 0 Å². The molecule has 2 atom stereocenters. The van der Waals surface area contributed by atoms with Crippen molar-refractivity contribution in [1.82, 2.24) is 0 Å². The second-order valence-corrected chi connectivity index (χ2v) is 8.72. The number of hydrogen-bond donors (Lipinski definition) is 3. The molecule has 0 bridgehead atoms. The largest absolute Gasteiger partial charge is 0.481 e. The number of nitrogens with two attached hydrogens (primary N) is 1. The van der Waals surface area contributed by atoms with Crippen LogP contribution in [-0.4, -0.2) is 28.1 Å². The average Bonchev–Trinajstić information content (AvgIpc) is 2.58. The quantitative estimate of drug-likeness (QED) is 0.281. The molecule has 0 spiro atoms. The molecule has 0 heterocycles. The minimum atomic E-state index is -1.21. The number of carbonyl (C=O) groups is 3. The first kappa shape index (κ1) is 26.4. The molecule has 2 unspecified atom stereocenters. The summed E-state index contributed by atoms with van der Waals surface area (Å²) in [5.74, 6) is -3.16. The van der Waals surface area contributed by atoms with Crippen LogP contribution in [0.1, 0.15) is 104 Å². The molecule has 6 nitrogen and oxygen atoms in total. The topological polar surface area (TPSA) is 118 Å². The van der Waals surface area contributed by atoms with Gasteiger partial charge in [0.1, 0.15) is 0 Å². The van der Waals surface area contributed by atoms with E-state index in [1.807, 2.05) is 0 Å². The molecule has 0 aliphatic heterocycles. The van der Waals surface area contributed by atoms with Gasteiger partial charge in [0.2, 0.25) is 5.91 Å². The van der Waals surface area contributed by atoms with Crippen LogP contribution in [-0.2, 0) is 14.4 Å². The molecular weight excluding hydrogens is 358 g/mol. The van der Waals surface area contributed by atoms with Crippen LogP contribution in [0.4, 0.5) is 0 Å². The second-order valence-electron chi connectivity index (χ2n) is 8.72. The lowest BCUT2D eigenvalue weighted by atomic mass is 9.70. The van der Waals surface area contributed by atoms with Crippen LogP contribution >= 0.6 is 0 Å². The lowest BCUT2D eigenvalue weighted by Gasteiger charge is -2.32. The number of amides is 1. The molecule has 0 radical (unpaired) electrons. The van der Waals surface area contributed by atoms with E-state index in [0.29, 0.717) is 6.42 Å². The fourth-order valence-electron chi connectivity index (χ4n) is 3.73. The van der Waals surface area contributed by atoms with Crippen molar-refractivity contribution in [2.45, 2.75) is 104 Å². The highest BCUT2D eigenvalue weighted by atomic mass is 16.4. The molecule has 164 valence electrons. The van der Waals surface area contributed by atoms with Crippen molar-refractivity contribution in [3.63, 3.8) is 0 Å². The van der Waals surface area contributed by atoms with Gasteiger partial charge in [0.05, 0.1) is 11.3 Å². The van der Waals surface area contributed by atoms with Gasteiger partial charge in [-0.1, -0.05) is 78.1 Å². The zero-order valence-corrected chi connectivity index (χ0v) is 18.0. The zero-order valence-electron chi connectivity index (χ0n) is 18.0. The minimum absolute atomic E-state index is 0.0824. The predicted octanol–water partition coefficient (Wildman–Crippen LogP) is 4.99.